The van der Waals surface area contributed by atoms with Crippen molar-refractivity contribution >= 4 is 5.97 Å². The summed E-state index contributed by atoms with van der Waals surface area (Å²) >= 11 is 0. The minimum absolute atomic E-state index is 0.0390. The number of hydrogen-bond donors (Lipinski definition) is 1. The largest absolute Gasteiger partial charge is 0.466 e. The monoisotopic (exact) mass is 227 g/mol. The van der Waals surface area contributed by atoms with Crippen molar-refractivity contribution in [3.63, 3.8) is 0 Å². The first-order valence-corrected chi connectivity index (χ1v) is 6.39. The van der Waals surface area contributed by atoms with E-state index in [1.165, 1.54) is 12.8 Å². The van der Waals surface area contributed by atoms with Crippen LogP contribution in [0.2, 0.25) is 0 Å². The van der Waals surface area contributed by atoms with Crippen LogP contribution in [0.4, 0.5) is 0 Å². The second-order valence-corrected chi connectivity index (χ2v) is 5.30. The highest BCUT2D eigenvalue weighted by molar-refractivity contribution is 5.72. The van der Waals surface area contributed by atoms with Crippen molar-refractivity contribution in [3.05, 3.63) is 0 Å². The van der Waals surface area contributed by atoms with Crippen LogP contribution in [-0.2, 0) is 9.53 Å². The molecule has 1 aliphatic carbocycles. The van der Waals surface area contributed by atoms with Crippen molar-refractivity contribution in [2.45, 2.75) is 40.5 Å². The van der Waals surface area contributed by atoms with Gasteiger partial charge in [0.25, 0.3) is 0 Å². The molecule has 0 aromatic heterocycles. The lowest BCUT2D eigenvalue weighted by atomic mass is 9.92. The Morgan fingerprint density at radius 3 is 2.44 bits per heavy atom. The van der Waals surface area contributed by atoms with Gasteiger partial charge < -0.3 is 10.1 Å². The lowest BCUT2D eigenvalue weighted by molar-refractivity contribution is -0.147. The summed E-state index contributed by atoms with van der Waals surface area (Å²) in [5, 5.41) is 3.41. The average Bonchev–Trinajstić information content (AvgIpc) is 2.99. The Morgan fingerprint density at radius 1 is 1.38 bits per heavy atom. The Labute approximate surface area is 98.9 Å². The maximum absolute atomic E-state index is 11.4. The number of esters is 1. The molecule has 1 rings (SSSR count). The molecule has 1 saturated carbocycles. The van der Waals surface area contributed by atoms with Gasteiger partial charge >= 0.3 is 5.97 Å². The summed E-state index contributed by atoms with van der Waals surface area (Å²) in [6.45, 7) is 10.6. The summed E-state index contributed by atoms with van der Waals surface area (Å²) in [5.41, 5.74) is 0.508. The molecule has 0 heterocycles. The van der Waals surface area contributed by atoms with Gasteiger partial charge in [-0.1, -0.05) is 20.8 Å². The molecule has 0 aromatic carbocycles. The van der Waals surface area contributed by atoms with Crippen molar-refractivity contribution in [1.82, 2.24) is 5.32 Å². The SMILES string of the molecule is CCOC(=O)C(C)CNCC1(C(C)C)CC1. The molecule has 1 aliphatic rings. The van der Waals surface area contributed by atoms with Crippen LogP contribution in [0.15, 0.2) is 0 Å². The van der Waals surface area contributed by atoms with Crippen molar-refractivity contribution in [2.75, 3.05) is 19.7 Å². The molecular formula is C13H25NO2. The average molecular weight is 227 g/mol. The smallest absolute Gasteiger partial charge is 0.309 e. The third-order valence-corrected chi connectivity index (χ3v) is 3.73. The fourth-order valence-corrected chi connectivity index (χ4v) is 2.02. The van der Waals surface area contributed by atoms with E-state index in [2.05, 4.69) is 19.2 Å². The lowest BCUT2D eigenvalue weighted by Gasteiger charge is -2.21. The van der Waals surface area contributed by atoms with E-state index in [0.717, 1.165) is 19.0 Å². The fraction of sp³-hybridized carbons (Fsp3) is 0.923. The van der Waals surface area contributed by atoms with Crippen LogP contribution in [0.1, 0.15) is 40.5 Å². The van der Waals surface area contributed by atoms with Crippen LogP contribution < -0.4 is 5.32 Å². The molecule has 16 heavy (non-hydrogen) atoms. The van der Waals surface area contributed by atoms with Gasteiger partial charge in [0.1, 0.15) is 0 Å². The molecule has 0 amide bonds. The van der Waals surface area contributed by atoms with E-state index in [1.54, 1.807) is 0 Å². The lowest BCUT2D eigenvalue weighted by Crippen LogP contribution is -2.33. The Hall–Kier alpha value is -0.570. The van der Waals surface area contributed by atoms with E-state index < -0.39 is 0 Å². The molecule has 1 fully saturated rings. The Morgan fingerprint density at radius 2 is 2.00 bits per heavy atom. The van der Waals surface area contributed by atoms with E-state index in [-0.39, 0.29) is 11.9 Å². The standard InChI is InChI=1S/C13H25NO2/c1-5-16-12(15)11(4)8-14-9-13(6-7-13)10(2)3/h10-11,14H,5-9H2,1-4H3. The summed E-state index contributed by atoms with van der Waals surface area (Å²) in [6.07, 6.45) is 2.65. The van der Waals surface area contributed by atoms with Crippen LogP contribution in [0.5, 0.6) is 0 Å². The zero-order valence-electron chi connectivity index (χ0n) is 11.0. The molecule has 1 unspecified atom stereocenters. The number of nitrogens with one attached hydrogen (secondary N) is 1. The van der Waals surface area contributed by atoms with E-state index in [1.807, 2.05) is 13.8 Å². The maximum Gasteiger partial charge on any atom is 0.309 e. The second-order valence-electron chi connectivity index (χ2n) is 5.30. The van der Waals surface area contributed by atoms with Gasteiger partial charge in [0, 0.05) is 13.1 Å². The third kappa shape index (κ3) is 3.48. The Kier molecular flexibility index (Phi) is 4.78. The Bertz CT molecular complexity index is 234. The first-order chi connectivity index (χ1) is 7.52. The summed E-state index contributed by atoms with van der Waals surface area (Å²) in [4.78, 5) is 11.4. The predicted octanol–water partition coefficient (Wildman–Crippen LogP) is 2.21. The highest BCUT2D eigenvalue weighted by atomic mass is 16.5. The van der Waals surface area contributed by atoms with Crippen LogP contribution in [0.25, 0.3) is 0 Å². The quantitative estimate of drug-likeness (QED) is 0.678. The van der Waals surface area contributed by atoms with Crippen molar-refractivity contribution in [2.24, 2.45) is 17.3 Å². The van der Waals surface area contributed by atoms with Crippen molar-refractivity contribution in [3.8, 4) is 0 Å². The second kappa shape index (κ2) is 5.67. The zero-order valence-corrected chi connectivity index (χ0v) is 11.0. The summed E-state index contributed by atoms with van der Waals surface area (Å²) in [7, 11) is 0. The van der Waals surface area contributed by atoms with Gasteiger partial charge in [0.2, 0.25) is 0 Å². The summed E-state index contributed by atoms with van der Waals surface area (Å²) < 4.78 is 4.97. The van der Waals surface area contributed by atoms with E-state index in [0.29, 0.717) is 12.0 Å². The molecule has 3 nitrogen and oxygen atoms in total. The number of hydrogen-bond acceptors (Lipinski definition) is 3. The van der Waals surface area contributed by atoms with Crippen molar-refractivity contribution < 1.29 is 9.53 Å². The maximum atomic E-state index is 11.4. The van der Waals surface area contributed by atoms with E-state index in [4.69, 9.17) is 4.74 Å². The van der Waals surface area contributed by atoms with Gasteiger partial charge in [-0.3, -0.25) is 4.79 Å². The van der Waals surface area contributed by atoms with E-state index in [9.17, 15) is 4.79 Å². The van der Waals surface area contributed by atoms with Crippen LogP contribution in [0.3, 0.4) is 0 Å². The highest BCUT2D eigenvalue weighted by Gasteiger charge is 2.44. The Balaban J connectivity index is 2.18. The summed E-state index contributed by atoms with van der Waals surface area (Å²) in [6, 6.07) is 0. The molecule has 94 valence electrons. The van der Waals surface area contributed by atoms with Gasteiger partial charge in [0.05, 0.1) is 12.5 Å². The van der Waals surface area contributed by atoms with E-state index >= 15 is 0 Å². The number of carbonyl (C=O) groups excluding carboxylic acids is 1. The predicted molar refractivity (Wildman–Crippen MR) is 65.2 cm³/mol. The topological polar surface area (TPSA) is 38.3 Å². The number of rotatable bonds is 7. The number of ether oxygens (including phenoxy) is 1. The normalized spacial score (nSPS) is 19.6. The zero-order chi connectivity index (χ0) is 12.2. The summed E-state index contributed by atoms with van der Waals surface area (Å²) in [5.74, 6) is 0.602. The molecular weight excluding hydrogens is 202 g/mol. The minimum Gasteiger partial charge on any atom is -0.466 e. The molecule has 0 aromatic rings. The molecule has 1 N–H and O–H groups in total. The molecule has 1 atom stereocenters. The van der Waals surface area contributed by atoms with Crippen LogP contribution in [-0.4, -0.2) is 25.7 Å². The highest BCUT2D eigenvalue weighted by Crippen LogP contribution is 2.51. The van der Waals surface area contributed by atoms with Gasteiger partial charge in [-0.15, -0.1) is 0 Å². The number of carbonyl (C=O) groups is 1. The minimum atomic E-state index is -0.0932. The third-order valence-electron chi connectivity index (χ3n) is 3.73. The van der Waals surface area contributed by atoms with Crippen molar-refractivity contribution in [1.29, 1.82) is 0 Å². The van der Waals surface area contributed by atoms with Gasteiger partial charge in [-0.2, -0.15) is 0 Å². The first kappa shape index (κ1) is 13.5. The van der Waals surface area contributed by atoms with Crippen LogP contribution >= 0.6 is 0 Å². The van der Waals surface area contributed by atoms with Gasteiger partial charge in [0.15, 0.2) is 0 Å². The first-order valence-electron chi connectivity index (χ1n) is 6.39. The molecule has 0 bridgehead atoms. The molecule has 3 heteroatoms. The molecule has 0 radical (unpaired) electrons. The fourth-order valence-electron chi connectivity index (χ4n) is 2.02. The molecule has 0 aliphatic heterocycles. The van der Waals surface area contributed by atoms with Crippen LogP contribution in [0, 0.1) is 17.3 Å². The van der Waals surface area contributed by atoms with Gasteiger partial charge in [-0.05, 0) is 31.1 Å². The van der Waals surface area contributed by atoms with Gasteiger partial charge in [-0.25, -0.2) is 0 Å². The molecule has 0 spiro atoms. The molecule has 0 saturated heterocycles.